The number of hydrogen-bond acceptors (Lipinski definition) is 15. The lowest BCUT2D eigenvalue weighted by Crippen LogP contribution is -2.60. The minimum atomic E-state index is -1.89. The second-order valence-corrected chi connectivity index (χ2v) is 14.0. The van der Waals surface area contributed by atoms with Crippen molar-refractivity contribution in [3.63, 3.8) is 0 Å². The summed E-state index contributed by atoms with van der Waals surface area (Å²) in [6, 6.07) is -11.3. The number of carboxylic acids is 3. The molecule has 64 heavy (non-hydrogen) atoms. The number of aliphatic hydroxyl groups excluding tert-OH is 2. The Bertz CT molecular complexity index is 1650. The van der Waals surface area contributed by atoms with Gasteiger partial charge in [-0.1, -0.05) is 0 Å². The molecule has 0 aliphatic rings. The van der Waals surface area contributed by atoms with Gasteiger partial charge in [0.2, 0.25) is 35.4 Å². The van der Waals surface area contributed by atoms with Gasteiger partial charge in [0.05, 0.1) is 13.2 Å². The van der Waals surface area contributed by atoms with Crippen LogP contribution in [0.1, 0.15) is 64.2 Å². The fraction of sp³-hybridized carbons (Fsp3) is 0.647. The van der Waals surface area contributed by atoms with E-state index in [1.165, 1.54) is 0 Å². The highest BCUT2D eigenvalue weighted by molar-refractivity contribution is 5.97. The molecule has 0 saturated heterocycles. The van der Waals surface area contributed by atoms with Crippen LogP contribution in [0.5, 0.6) is 0 Å². The Hall–Kier alpha value is -7.08. The fourth-order valence-corrected chi connectivity index (χ4v) is 5.37. The predicted octanol–water partition coefficient (Wildman–Crippen LogP) is -8.19. The van der Waals surface area contributed by atoms with Gasteiger partial charge in [-0.15, -0.1) is 0 Å². The largest absolute Gasteiger partial charge is 0.481 e. The summed E-state index contributed by atoms with van der Waals surface area (Å²) in [7, 11) is 0. The number of aliphatic hydroxyl groups is 2. The number of carbonyl (C=O) groups excluding carboxylic acids is 6. The van der Waals surface area contributed by atoms with Gasteiger partial charge in [-0.2, -0.15) is 0 Å². The molecule has 362 valence electrons. The van der Waals surface area contributed by atoms with Crippen LogP contribution in [0.2, 0.25) is 0 Å². The molecule has 0 heterocycles. The van der Waals surface area contributed by atoms with E-state index in [0.717, 1.165) is 0 Å². The van der Waals surface area contributed by atoms with Gasteiger partial charge in [-0.05, 0) is 51.4 Å². The summed E-state index contributed by atoms with van der Waals surface area (Å²) in [5, 5.41) is 90.5. The molecule has 0 aromatic heterocycles. The van der Waals surface area contributed by atoms with Crippen molar-refractivity contribution in [1.29, 1.82) is 16.2 Å². The Kier molecular flexibility index (Phi) is 27.5. The number of guanidine groups is 3. The molecule has 0 aliphatic heterocycles. The summed E-state index contributed by atoms with van der Waals surface area (Å²) in [4.78, 5) is 115. The van der Waals surface area contributed by atoms with Gasteiger partial charge >= 0.3 is 17.9 Å². The third-order valence-electron chi connectivity index (χ3n) is 8.74. The third kappa shape index (κ3) is 25.0. The number of nitrogens with two attached hydrogens (primary N) is 4. The summed E-state index contributed by atoms with van der Waals surface area (Å²) < 4.78 is 0. The van der Waals surface area contributed by atoms with Crippen molar-refractivity contribution < 1.29 is 68.7 Å². The lowest BCUT2D eigenvalue weighted by atomic mass is 10.1. The van der Waals surface area contributed by atoms with Crippen molar-refractivity contribution in [3.05, 3.63) is 0 Å². The number of carboxylic acid groups (broad SMARTS) is 3. The smallest absolute Gasteiger partial charge is 0.326 e. The number of aliphatic carboxylic acids is 3. The van der Waals surface area contributed by atoms with Gasteiger partial charge in [0.15, 0.2) is 17.9 Å². The lowest BCUT2D eigenvalue weighted by molar-refractivity contribution is -0.143. The van der Waals surface area contributed by atoms with Gasteiger partial charge < -0.3 is 96.3 Å². The topological polar surface area (TPSA) is 539 Å². The normalized spacial score (nSPS) is 13.9. The lowest BCUT2D eigenvalue weighted by Gasteiger charge is -2.27. The van der Waals surface area contributed by atoms with Crippen molar-refractivity contribution in [2.75, 3.05) is 32.8 Å². The Morgan fingerprint density at radius 3 is 1.00 bits per heavy atom. The highest BCUT2D eigenvalue weighted by Crippen LogP contribution is 2.08. The summed E-state index contributed by atoms with van der Waals surface area (Å²) >= 11 is 0. The number of nitrogens with one attached hydrogen (secondary N) is 12. The Morgan fingerprint density at radius 2 is 0.703 bits per heavy atom. The first-order valence-corrected chi connectivity index (χ1v) is 19.7. The monoisotopic (exact) mass is 918 g/mol. The molecule has 0 aromatic rings. The molecule has 7 atom stereocenters. The minimum absolute atomic E-state index is 0.00446. The van der Waals surface area contributed by atoms with Crippen molar-refractivity contribution in [2.24, 2.45) is 22.9 Å². The maximum Gasteiger partial charge on any atom is 0.326 e. The second kappa shape index (κ2) is 30.9. The molecule has 30 heteroatoms. The van der Waals surface area contributed by atoms with E-state index in [-0.39, 0.29) is 70.1 Å². The zero-order valence-electron chi connectivity index (χ0n) is 34.9. The van der Waals surface area contributed by atoms with Crippen LogP contribution in [0.3, 0.4) is 0 Å². The summed E-state index contributed by atoms with van der Waals surface area (Å²) in [5.74, 6) is -12.1. The molecule has 0 aromatic carbocycles. The third-order valence-corrected chi connectivity index (χ3v) is 8.74. The van der Waals surface area contributed by atoms with Crippen LogP contribution in [0.4, 0.5) is 0 Å². The van der Waals surface area contributed by atoms with Crippen molar-refractivity contribution in [1.82, 2.24) is 47.9 Å². The molecule has 0 saturated carbocycles. The quantitative estimate of drug-likeness (QED) is 0.0165. The first-order valence-electron chi connectivity index (χ1n) is 19.7. The molecule has 0 spiro atoms. The molecule has 0 unspecified atom stereocenters. The highest BCUT2D eigenvalue weighted by atomic mass is 16.4. The van der Waals surface area contributed by atoms with Crippen molar-refractivity contribution in [2.45, 2.75) is 107 Å². The van der Waals surface area contributed by atoms with Crippen LogP contribution in [-0.4, -0.2) is 172 Å². The first kappa shape index (κ1) is 56.9. The van der Waals surface area contributed by atoms with Gasteiger partial charge in [0, 0.05) is 32.5 Å². The van der Waals surface area contributed by atoms with Gasteiger partial charge in [-0.3, -0.25) is 54.6 Å². The summed E-state index contributed by atoms with van der Waals surface area (Å²) in [5.41, 5.74) is 21.3. The van der Waals surface area contributed by atoms with Crippen LogP contribution < -0.4 is 70.8 Å². The minimum Gasteiger partial charge on any atom is -0.481 e. The van der Waals surface area contributed by atoms with Crippen LogP contribution in [0, 0.1) is 16.2 Å². The molecule has 0 fully saturated rings. The number of hydrogen-bond donors (Lipinski definition) is 21. The van der Waals surface area contributed by atoms with Crippen LogP contribution in [0.25, 0.3) is 0 Å². The molecule has 6 amide bonds. The number of amides is 6. The Morgan fingerprint density at radius 1 is 0.422 bits per heavy atom. The van der Waals surface area contributed by atoms with E-state index in [2.05, 4.69) is 47.9 Å². The second-order valence-electron chi connectivity index (χ2n) is 14.0. The molecule has 30 nitrogen and oxygen atoms in total. The van der Waals surface area contributed by atoms with Gasteiger partial charge in [-0.25, -0.2) is 4.79 Å². The van der Waals surface area contributed by atoms with E-state index in [1.54, 1.807) is 0 Å². The van der Waals surface area contributed by atoms with Crippen LogP contribution >= 0.6 is 0 Å². The average Bonchev–Trinajstić information content (AvgIpc) is 3.21. The predicted molar refractivity (Wildman–Crippen MR) is 223 cm³/mol. The van der Waals surface area contributed by atoms with Crippen LogP contribution in [-0.2, 0) is 43.2 Å². The molecule has 0 rings (SSSR count). The fourth-order valence-electron chi connectivity index (χ4n) is 5.37. The Balaban J connectivity index is 6.42. The maximum atomic E-state index is 13.7. The number of rotatable bonds is 33. The average molecular weight is 919 g/mol. The zero-order valence-corrected chi connectivity index (χ0v) is 34.9. The first-order chi connectivity index (χ1) is 30.0. The standard InChI is InChI=1S/C34H62N16O14/c35-16(14-51)25(57)45-17(4-1-11-42-32(36)37)26(58)48-20(8-10-24(55)56)29(61)50-22(15-52)30(62)46-18(5-2-12-43-33(38)39)27(59)47-19(7-9-23(53)54)28(60)49-21(31(63)64)6-3-13-44-34(40)41/h16-22,51-52H,1-15,35H2,(H,45,57)(H,46,62)(H,47,59)(H,48,58)(H,49,60)(H,50,61)(H,53,54)(H,55,56)(H,63,64)(H4,36,37,42)(H4,38,39,43)(H4,40,41,44)/t16-,17-,18-,19-,20-,21-,22-/m0/s1. The van der Waals surface area contributed by atoms with E-state index >= 15 is 0 Å². The number of carbonyl (C=O) groups is 9. The highest BCUT2D eigenvalue weighted by Gasteiger charge is 2.34. The van der Waals surface area contributed by atoms with E-state index in [9.17, 15) is 68.7 Å². The molecule has 0 aliphatic carbocycles. The Labute approximate surface area is 366 Å². The van der Waals surface area contributed by atoms with E-state index in [1.807, 2.05) is 0 Å². The summed E-state index contributed by atoms with van der Waals surface area (Å²) in [6.07, 6.45) is -2.89. The molecular formula is C34H62N16O14. The van der Waals surface area contributed by atoms with E-state index < -0.39 is 141 Å². The zero-order chi connectivity index (χ0) is 48.9. The van der Waals surface area contributed by atoms with E-state index in [4.69, 9.17) is 39.2 Å². The van der Waals surface area contributed by atoms with E-state index in [0.29, 0.717) is 0 Å². The maximum absolute atomic E-state index is 13.7. The molecule has 0 bridgehead atoms. The van der Waals surface area contributed by atoms with Crippen LogP contribution in [0.15, 0.2) is 0 Å². The SMILES string of the molecule is N=C(N)NCCC[C@H](NC(=O)[C@H](CCC(=O)O)NC(=O)[C@H](CCCNC(=N)N)NC(=O)[C@H](CO)NC(=O)[C@H](CCC(=O)O)NC(=O)[C@H](CCCNC(=N)N)NC(=O)[C@@H](N)CO)C(=O)O. The summed E-state index contributed by atoms with van der Waals surface area (Å²) in [6.45, 7) is -1.82. The van der Waals surface area contributed by atoms with Crippen molar-refractivity contribution in [3.8, 4) is 0 Å². The molecule has 25 N–H and O–H groups in total. The molecular weight excluding hydrogens is 856 g/mol. The van der Waals surface area contributed by atoms with Gasteiger partial charge in [0.1, 0.15) is 42.3 Å². The van der Waals surface area contributed by atoms with Crippen molar-refractivity contribution >= 4 is 71.2 Å². The molecule has 0 radical (unpaired) electrons. The van der Waals surface area contributed by atoms with Gasteiger partial charge in [0.25, 0.3) is 0 Å².